The molecule has 136 valence electrons. The number of phenols is 1. The van der Waals surface area contributed by atoms with E-state index in [-0.39, 0.29) is 17.3 Å². The zero-order valence-corrected chi connectivity index (χ0v) is 15.4. The molecule has 1 atom stereocenters. The molecule has 0 spiro atoms. The van der Waals surface area contributed by atoms with E-state index in [9.17, 15) is 20.0 Å². The predicted molar refractivity (Wildman–Crippen MR) is 103 cm³/mol. The smallest absolute Gasteiger partial charge is 0.284 e. The van der Waals surface area contributed by atoms with Crippen molar-refractivity contribution in [1.29, 1.82) is 0 Å². The molecule has 0 saturated carbocycles. The van der Waals surface area contributed by atoms with Crippen LogP contribution in [0.2, 0.25) is 0 Å². The number of thiophene rings is 2. The number of nitro groups is 1. The first-order valence-electron chi connectivity index (χ1n) is 8.00. The molecular formula is C18H13N3O4S2. The predicted octanol–water partition coefficient (Wildman–Crippen LogP) is 4.41. The molecule has 3 aromatic rings. The van der Waals surface area contributed by atoms with Crippen molar-refractivity contribution in [2.75, 3.05) is 0 Å². The van der Waals surface area contributed by atoms with E-state index in [0.29, 0.717) is 16.9 Å². The summed E-state index contributed by atoms with van der Waals surface area (Å²) in [6.45, 7) is 0. The summed E-state index contributed by atoms with van der Waals surface area (Å²) in [5, 5.41) is 30.9. The van der Waals surface area contributed by atoms with Crippen LogP contribution >= 0.6 is 22.7 Å². The topological polar surface area (TPSA) is 96.0 Å². The van der Waals surface area contributed by atoms with Crippen molar-refractivity contribution in [3.8, 4) is 5.75 Å². The molecule has 3 heterocycles. The Balaban J connectivity index is 1.74. The second-order valence-electron chi connectivity index (χ2n) is 5.87. The molecule has 9 heteroatoms. The summed E-state index contributed by atoms with van der Waals surface area (Å²) in [6.07, 6.45) is 0.420. The highest BCUT2D eigenvalue weighted by molar-refractivity contribution is 7.12. The number of carbonyl (C=O) groups excluding carboxylic acids is 1. The molecule has 1 aliphatic heterocycles. The third kappa shape index (κ3) is 3.22. The van der Waals surface area contributed by atoms with Gasteiger partial charge in [-0.05, 0) is 29.0 Å². The fraction of sp³-hybridized carbons (Fsp3) is 0.111. The quantitative estimate of drug-likeness (QED) is 0.519. The van der Waals surface area contributed by atoms with Crippen molar-refractivity contribution in [3.05, 3.63) is 78.7 Å². The monoisotopic (exact) mass is 399 g/mol. The summed E-state index contributed by atoms with van der Waals surface area (Å²) in [7, 11) is 0. The molecular weight excluding hydrogens is 386 g/mol. The van der Waals surface area contributed by atoms with Gasteiger partial charge in [0.05, 0.1) is 32.5 Å². The molecule has 0 bridgehead atoms. The Morgan fingerprint density at radius 2 is 2.00 bits per heavy atom. The molecule has 1 amide bonds. The average molecular weight is 399 g/mol. The summed E-state index contributed by atoms with van der Waals surface area (Å²) in [4.78, 5) is 24.8. The van der Waals surface area contributed by atoms with Crippen LogP contribution in [0.15, 0.2) is 58.3 Å². The number of nitro benzene ring substituents is 1. The molecule has 0 fully saturated rings. The minimum Gasteiger partial charge on any atom is -0.507 e. The third-order valence-electron chi connectivity index (χ3n) is 4.24. The molecule has 2 aromatic heterocycles. The van der Waals surface area contributed by atoms with Crippen molar-refractivity contribution >= 4 is 40.0 Å². The second-order valence-corrected chi connectivity index (χ2v) is 7.77. The number of hydrazone groups is 1. The van der Waals surface area contributed by atoms with Crippen molar-refractivity contribution in [3.63, 3.8) is 0 Å². The van der Waals surface area contributed by atoms with Crippen LogP contribution in [0.25, 0.3) is 0 Å². The maximum atomic E-state index is 12.9. The maximum absolute atomic E-state index is 12.9. The van der Waals surface area contributed by atoms with Gasteiger partial charge in [-0.1, -0.05) is 12.1 Å². The molecule has 0 radical (unpaired) electrons. The number of non-ortho nitro benzene ring substituents is 1. The Hall–Kier alpha value is -3.04. The van der Waals surface area contributed by atoms with E-state index < -0.39 is 11.0 Å². The Bertz CT molecular complexity index is 1030. The standard InChI is InChI=1S/C18H13N3O4S2/c22-15-9-11(21(24)25)5-6-12(15)14-10-13(16-3-1-7-26-16)19-20(14)18(23)17-4-2-8-27-17/h1-9,14,22H,10H2. The van der Waals surface area contributed by atoms with Crippen LogP contribution < -0.4 is 0 Å². The summed E-state index contributed by atoms with van der Waals surface area (Å²) < 4.78 is 0. The zero-order chi connectivity index (χ0) is 19.0. The lowest BCUT2D eigenvalue weighted by Crippen LogP contribution is -2.26. The molecule has 1 aromatic carbocycles. The molecule has 4 rings (SSSR count). The lowest BCUT2D eigenvalue weighted by Gasteiger charge is -2.22. The molecule has 7 nitrogen and oxygen atoms in total. The summed E-state index contributed by atoms with van der Waals surface area (Å²) in [6, 6.07) is 10.7. The Kier molecular flexibility index (Phi) is 4.46. The van der Waals surface area contributed by atoms with Gasteiger partial charge in [-0.25, -0.2) is 5.01 Å². The van der Waals surface area contributed by atoms with Gasteiger partial charge in [0.1, 0.15) is 5.75 Å². The third-order valence-corrected chi connectivity index (χ3v) is 6.02. The van der Waals surface area contributed by atoms with Crippen LogP contribution in [0.4, 0.5) is 5.69 Å². The normalized spacial score (nSPS) is 16.4. The Labute approximate surface area is 162 Å². The van der Waals surface area contributed by atoms with Crippen molar-refractivity contribution in [2.24, 2.45) is 5.10 Å². The van der Waals surface area contributed by atoms with E-state index in [1.807, 2.05) is 22.9 Å². The number of benzene rings is 1. The van der Waals surface area contributed by atoms with Gasteiger partial charge in [0, 0.05) is 18.1 Å². The van der Waals surface area contributed by atoms with Crippen molar-refractivity contribution < 1.29 is 14.8 Å². The van der Waals surface area contributed by atoms with E-state index in [1.54, 1.807) is 12.1 Å². The SMILES string of the molecule is O=C(c1cccs1)N1N=C(c2cccs2)CC1c1ccc([N+](=O)[O-])cc1O. The number of hydrogen-bond acceptors (Lipinski definition) is 7. The number of phenolic OH excluding ortho intramolecular Hbond substituents is 1. The zero-order valence-electron chi connectivity index (χ0n) is 13.8. The van der Waals surface area contributed by atoms with Gasteiger partial charge in [-0.2, -0.15) is 5.10 Å². The number of carbonyl (C=O) groups is 1. The molecule has 0 saturated heterocycles. The van der Waals surface area contributed by atoms with Crippen molar-refractivity contribution in [1.82, 2.24) is 5.01 Å². The second kappa shape index (κ2) is 6.93. The van der Waals surface area contributed by atoms with Crippen LogP contribution in [0, 0.1) is 10.1 Å². The molecule has 27 heavy (non-hydrogen) atoms. The number of aromatic hydroxyl groups is 1. The summed E-state index contributed by atoms with van der Waals surface area (Å²) in [5.74, 6) is -0.486. The highest BCUT2D eigenvalue weighted by Crippen LogP contribution is 2.40. The highest BCUT2D eigenvalue weighted by atomic mass is 32.1. The molecule has 1 aliphatic rings. The minimum atomic E-state index is -0.569. The Morgan fingerprint density at radius 1 is 1.22 bits per heavy atom. The first-order valence-corrected chi connectivity index (χ1v) is 9.76. The maximum Gasteiger partial charge on any atom is 0.284 e. The number of rotatable bonds is 4. The van der Waals surface area contributed by atoms with E-state index in [1.165, 1.54) is 39.8 Å². The van der Waals surface area contributed by atoms with Gasteiger partial charge in [-0.3, -0.25) is 14.9 Å². The van der Waals surface area contributed by atoms with E-state index in [2.05, 4.69) is 5.10 Å². The fourth-order valence-electron chi connectivity index (χ4n) is 2.97. The van der Waals surface area contributed by atoms with E-state index >= 15 is 0 Å². The largest absolute Gasteiger partial charge is 0.507 e. The lowest BCUT2D eigenvalue weighted by molar-refractivity contribution is -0.385. The average Bonchev–Trinajstić information content (AvgIpc) is 3.41. The van der Waals surface area contributed by atoms with Crippen molar-refractivity contribution in [2.45, 2.75) is 12.5 Å². The van der Waals surface area contributed by atoms with Gasteiger partial charge in [0.2, 0.25) is 0 Å². The van der Waals surface area contributed by atoms with Gasteiger partial charge in [-0.15, -0.1) is 22.7 Å². The molecule has 0 aliphatic carbocycles. The number of amides is 1. The first kappa shape index (κ1) is 17.4. The lowest BCUT2D eigenvalue weighted by atomic mass is 9.99. The summed E-state index contributed by atoms with van der Waals surface area (Å²) in [5.41, 5.74) is 0.975. The van der Waals surface area contributed by atoms with Crippen LogP contribution in [-0.4, -0.2) is 26.7 Å². The van der Waals surface area contributed by atoms with Gasteiger partial charge < -0.3 is 5.11 Å². The van der Waals surface area contributed by atoms with Crippen LogP contribution in [-0.2, 0) is 0 Å². The summed E-state index contributed by atoms with van der Waals surface area (Å²) >= 11 is 2.84. The van der Waals surface area contributed by atoms with Crippen LogP contribution in [0.3, 0.4) is 0 Å². The van der Waals surface area contributed by atoms with Gasteiger partial charge >= 0.3 is 0 Å². The number of nitrogens with zero attached hydrogens (tertiary/aromatic N) is 3. The van der Waals surface area contributed by atoms with Crippen LogP contribution in [0.1, 0.15) is 32.6 Å². The molecule has 1 N–H and O–H groups in total. The fourth-order valence-corrected chi connectivity index (χ4v) is 4.35. The first-order chi connectivity index (χ1) is 13.0. The minimum absolute atomic E-state index is 0.204. The highest BCUT2D eigenvalue weighted by Gasteiger charge is 2.36. The molecule has 1 unspecified atom stereocenters. The van der Waals surface area contributed by atoms with E-state index in [4.69, 9.17) is 0 Å². The van der Waals surface area contributed by atoms with Gasteiger partial charge in [0.25, 0.3) is 11.6 Å². The van der Waals surface area contributed by atoms with Crippen LogP contribution in [0.5, 0.6) is 5.75 Å². The Morgan fingerprint density at radius 3 is 2.63 bits per heavy atom. The van der Waals surface area contributed by atoms with E-state index in [0.717, 1.165) is 16.7 Å². The van der Waals surface area contributed by atoms with Gasteiger partial charge in [0.15, 0.2) is 0 Å². The number of hydrogen-bond donors (Lipinski definition) is 1.